The molecule has 3 rings (SSSR count). The molecule has 6 nitrogen and oxygen atoms in total. The Morgan fingerprint density at radius 2 is 1.92 bits per heavy atom. The monoisotopic (exact) mass is 355 g/mol. The molecular formula is C20H21NO5. The molecule has 2 aromatic carbocycles. The normalized spacial score (nSPS) is 18.7. The average molecular weight is 355 g/mol. The number of ether oxygens (including phenoxy) is 3. The largest absolute Gasteiger partial charge is 0.493 e. The van der Waals surface area contributed by atoms with Crippen LogP contribution in [0, 0.1) is 0 Å². The van der Waals surface area contributed by atoms with E-state index in [4.69, 9.17) is 19.0 Å². The molecule has 0 bridgehead atoms. The van der Waals surface area contributed by atoms with Crippen molar-refractivity contribution >= 4 is 11.7 Å². The van der Waals surface area contributed by atoms with Crippen molar-refractivity contribution in [2.75, 3.05) is 20.8 Å². The van der Waals surface area contributed by atoms with E-state index in [9.17, 15) is 4.79 Å². The molecule has 1 unspecified atom stereocenters. The van der Waals surface area contributed by atoms with Crippen LogP contribution in [-0.4, -0.2) is 38.1 Å². The summed E-state index contributed by atoms with van der Waals surface area (Å²) in [7, 11) is 2.88. The van der Waals surface area contributed by atoms with Crippen LogP contribution in [0.1, 0.15) is 29.3 Å². The highest BCUT2D eigenvalue weighted by Crippen LogP contribution is 2.32. The van der Waals surface area contributed by atoms with Crippen LogP contribution < -0.4 is 9.47 Å². The molecule has 1 aliphatic rings. The third-order valence-corrected chi connectivity index (χ3v) is 4.14. The van der Waals surface area contributed by atoms with Gasteiger partial charge in [0.15, 0.2) is 17.1 Å². The number of methoxy groups -OCH3 is 2. The molecule has 0 amide bonds. The van der Waals surface area contributed by atoms with Crippen LogP contribution in [0.25, 0.3) is 0 Å². The zero-order valence-electron chi connectivity index (χ0n) is 15.0. The van der Waals surface area contributed by atoms with Gasteiger partial charge in [-0.3, -0.25) is 0 Å². The molecule has 26 heavy (non-hydrogen) atoms. The number of benzene rings is 2. The number of oxime groups is 1. The molecule has 0 saturated heterocycles. The zero-order valence-corrected chi connectivity index (χ0v) is 15.0. The van der Waals surface area contributed by atoms with Crippen LogP contribution in [0.3, 0.4) is 0 Å². The molecule has 1 heterocycles. The minimum absolute atomic E-state index is 0.258. The summed E-state index contributed by atoms with van der Waals surface area (Å²) in [4.78, 5) is 17.4. The zero-order chi connectivity index (χ0) is 18.6. The molecular weight excluding hydrogens is 334 g/mol. The van der Waals surface area contributed by atoms with Crippen LogP contribution in [0.4, 0.5) is 0 Å². The number of rotatable bonds is 6. The van der Waals surface area contributed by atoms with Crippen molar-refractivity contribution in [2.24, 2.45) is 5.16 Å². The van der Waals surface area contributed by atoms with Gasteiger partial charge in [0.25, 0.3) is 0 Å². The molecule has 0 radical (unpaired) electrons. The van der Waals surface area contributed by atoms with Gasteiger partial charge in [0, 0.05) is 6.42 Å². The minimum atomic E-state index is -0.600. The Balaban J connectivity index is 1.70. The molecule has 0 saturated carbocycles. The van der Waals surface area contributed by atoms with Gasteiger partial charge in [-0.1, -0.05) is 35.5 Å². The molecule has 2 aromatic rings. The number of hydrogen-bond donors (Lipinski definition) is 0. The highest BCUT2D eigenvalue weighted by molar-refractivity contribution is 6.01. The highest BCUT2D eigenvalue weighted by Gasteiger charge is 2.36. The molecule has 0 spiro atoms. The summed E-state index contributed by atoms with van der Waals surface area (Å²) in [5.41, 5.74) is 1.70. The smallest absolute Gasteiger partial charge is 0.337 e. The number of hydrogen-bond acceptors (Lipinski definition) is 6. The van der Waals surface area contributed by atoms with E-state index in [1.165, 1.54) is 7.11 Å². The van der Waals surface area contributed by atoms with Crippen molar-refractivity contribution < 1.29 is 23.8 Å². The van der Waals surface area contributed by atoms with E-state index >= 15 is 0 Å². The molecule has 1 atom stereocenters. The number of carbonyl (C=O) groups excluding carboxylic acids is 1. The Morgan fingerprint density at radius 3 is 2.62 bits per heavy atom. The first-order valence-electron chi connectivity index (χ1n) is 8.24. The number of carbonyl (C=O) groups is 1. The minimum Gasteiger partial charge on any atom is -0.493 e. The molecule has 136 valence electrons. The van der Waals surface area contributed by atoms with Gasteiger partial charge in [-0.15, -0.1) is 0 Å². The average Bonchev–Trinajstić information content (AvgIpc) is 3.09. The van der Waals surface area contributed by atoms with Gasteiger partial charge in [0.2, 0.25) is 0 Å². The van der Waals surface area contributed by atoms with E-state index in [2.05, 4.69) is 5.16 Å². The Bertz CT molecular complexity index is 818. The van der Waals surface area contributed by atoms with Gasteiger partial charge in [-0.05, 0) is 30.7 Å². The van der Waals surface area contributed by atoms with Crippen LogP contribution in [0.5, 0.6) is 11.5 Å². The Labute approximate surface area is 152 Å². The lowest BCUT2D eigenvalue weighted by Crippen LogP contribution is -2.33. The molecule has 0 aromatic heterocycles. The topological polar surface area (TPSA) is 66.4 Å². The van der Waals surface area contributed by atoms with E-state index in [0.717, 1.165) is 11.3 Å². The lowest BCUT2D eigenvalue weighted by Gasteiger charge is -2.22. The van der Waals surface area contributed by atoms with Gasteiger partial charge < -0.3 is 19.0 Å². The predicted molar refractivity (Wildman–Crippen MR) is 96.9 cm³/mol. The standard InChI is InChI=1S/C20H21NO5/c1-20(12-16(21-26-20)14-7-5-4-6-8-14)13-25-18-11-15(19(22)24-3)9-10-17(18)23-2/h4-11H,12-13H2,1-3H3. The summed E-state index contributed by atoms with van der Waals surface area (Å²) in [6, 6.07) is 14.8. The highest BCUT2D eigenvalue weighted by atomic mass is 16.7. The van der Waals surface area contributed by atoms with Gasteiger partial charge in [0.05, 0.1) is 25.5 Å². The van der Waals surface area contributed by atoms with Crippen molar-refractivity contribution in [2.45, 2.75) is 18.9 Å². The lowest BCUT2D eigenvalue weighted by molar-refractivity contribution is -0.0361. The first-order valence-corrected chi connectivity index (χ1v) is 8.24. The van der Waals surface area contributed by atoms with Crippen LogP contribution in [0.15, 0.2) is 53.7 Å². The maximum atomic E-state index is 11.7. The third-order valence-electron chi connectivity index (χ3n) is 4.14. The van der Waals surface area contributed by atoms with E-state index in [1.807, 2.05) is 37.3 Å². The summed E-state index contributed by atoms with van der Waals surface area (Å²) >= 11 is 0. The Morgan fingerprint density at radius 1 is 1.15 bits per heavy atom. The second kappa shape index (κ2) is 7.47. The molecule has 0 N–H and O–H groups in total. The fourth-order valence-corrected chi connectivity index (χ4v) is 2.71. The third kappa shape index (κ3) is 3.79. The van der Waals surface area contributed by atoms with Crippen LogP contribution >= 0.6 is 0 Å². The van der Waals surface area contributed by atoms with Crippen molar-refractivity contribution in [3.8, 4) is 11.5 Å². The van der Waals surface area contributed by atoms with E-state index < -0.39 is 11.6 Å². The fourth-order valence-electron chi connectivity index (χ4n) is 2.71. The van der Waals surface area contributed by atoms with Gasteiger partial charge in [0.1, 0.15) is 6.61 Å². The fraction of sp³-hybridized carbons (Fsp3) is 0.300. The van der Waals surface area contributed by atoms with Crippen LogP contribution in [0.2, 0.25) is 0 Å². The summed E-state index contributed by atoms with van der Waals surface area (Å²) in [6.07, 6.45) is 0.621. The van der Waals surface area contributed by atoms with Crippen molar-refractivity contribution in [3.63, 3.8) is 0 Å². The van der Waals surface area contributed by atoms with E-state index in [0.29, 0.717) is 23.5 Å². The molecule has 0 fully saturated rings. The quantitative estimate of drug-likeness (QED) is 0.743. The summed E-state index contributed by atoms with van der Waals surface area (Å²) < 4.78 is 16.0. The van der Waals surface area contributed by atoms with E-state index in [-0.39, 0.29) is 6.61 Å². The first kappa shape index (κ1) is 17.8. The maximum absolute atomic E-state index is 11.7. The van der Waals surface area contributed by atoms with E-state index in [1.54, 1.807) is 25.3 Å². The van der Waals surface area contributed by atoms with Gasteiger partial charge >= 0.3 is 5.97 Å². The number of nitrogens with zero attached hydrogens (tertiary/aromatic N) is 1. The Hall–Kier alpha value is -3.02. The Kier molecular flexibility index (Phi) is 5.11. The van der Waals surface area contributed by atoms with Gasteiger partial charge in [-0.25, -0.2) is 4.79 Å². The van der Waals surface area contributed by atoms with Crippen molar-refractivity contribution in [3.05, 3.63) is 59.7 Å². The van der Waals surface area contributed by atoms with Crippen molar-refractivity contribution in [1.29, 1.82) is 0 Å². The van der Waals surface area contributed by atoms with Crippen molar-refractivity contribution in [1.82, 2.24) is 0 Å². The SMILES string of the molecule is COC(=O)c1ccc(OC)c(OCC2(C)CC(c3ccccc3)=NO2)c1. The summed E-state index contributed by atoms with van der Waals surface area (Å²) in [5, 5.41) is 4.20. The molecule has 6 heteroatoms. The predicted octanol–water partition coefficient (Wildman–Crippen LogP) is 3.44. The first-order chi connectivity index (χ1) is 12.5. The molecule has 0 aliphatic carbocycles. The summed E-state index contributed by atoms with van der Waals surface area (Å²) in [5.74, 6) is 0.548. The maximum Gasteiger partial charge on any atom is 0.337 e. The van der Waals surface area contributed by atoms with Crippen LogP contribution in [-0.2, 0) is 9.57 Å². The summed E-state index contributed by atoms with van der Waals surface area (Å²) in [6.45, 7) is 2.19. The second-order valence-electron chi connectivity index (χ2n) is 6.27. The lowest BCUT2D eigenvalue weighted by atomic mass is 9.97. The van der Waals surface area contributed by atoms with Gasteiger partial charge in [-0.2, -0.15) is 0 Å². The number of esters is 1. The second-order valence-corrected chi connectivity index (χ2v) is 6.27. The molecule has 1 aliphatic heterocycles.